The molecular formula is C16H21N5O2. The standard InChI is InChI=1S/C16H21N5O2/c1-9-4-13(20-19-9)5-12-6-21(7-14(12)22)16(23)15-10(2)17-8-18-11(15)3/h4,8,12,14,22H,5-7H2,1-3H3,(H,19,20)/t12-,14-/m1/s1. The van der Waals surface area contributed by atoms with Crippen LogP contribution in [0.1, 0.15) is 33.1 Å². The number of β-amino-alcohol motifs (C(OH)–C–C–N with tert-alkyl or cyclic N) is 1. The molecule has 0 radical (unpaired) electrons. The number of aromatic amines is 1. The molecule has 3 heterocycles. The molecule has 2 aromatic rings. The predicted octanol–water partition coefficient (Wildman–Crippen LogP) is 0.801. The van der Waals surface area contributed by atoms with Crippen molar-refractivity contribution in [2.24, 2.45) is 5.92 Å². The molecule has 1 aliphatic heterocycles. The van der Waals surface area contributed by atoms with Gasteiger partial charge in [0, 0.05) is 24.7 Å². The first kappa shape index (κ1) is 15.6. The zero-order valence-corrected chi connectivity index (χ0v) is 13.6. The number of aromatic nitrogens is 4. The van der Waals surface area contributed by atoms with Crippen LogP contribution in [-0.4, -0.2) is 55.3 Å². The molecule has 2 atom stereocenters. The van der Waals surface area contributed by atoms with Crippen LogP contribution in [0.5, 0.6) is 0 Å². The maximum atomic E-state index is 12.7. The van der Waals surface area contributed by atoms with Crippen LogP contribution < -0.4 is 0 Å². The monoisotopic (exact) mass is 315 g/mol. The number of carbonyl (C=O) groups excluding carboxylic acids is 1. The Balaban J connectivity index is 1.74. The third-order valence-electron chi connectivity index (χ3n) is 4.36. The smallest absolute Gasteiger partial charge is 0.257 e. The van der Waals surface area contributed by atoms with Gasteiger partial charge in [0.15, 0.2) is 0 Å². The van der Waals surface area contributed by atoms with Gasteiger partial charge in [0.05, 0.1) is 28.7 Å². The summed E-state index contributed by atoms with van der Waals surface area (Å²) in [6.45, 7) is 6.40. The number of H-pyrrole nitrogens is 1. The number of amides is 1. The molecule has 23 heavy (non-hydrogen) atoms. The van der Waals surface area contributed by atoms with Crippen LogP contribution in [0.4, 0.5) is 0 Å². The van der Waals surface area contributed by atoms with Crippen LogP contribution in [0.15, 0.2) is 12.4 Å². The lowest BCUT2D eigenvalue weighted by atomic mass is 10.00. The fourth-order valence-corrected chi connectivity index (χ4v) is 3.13. The molecule has 0 aliphatic carbocycles. The normalized spacial score (nSPS) is 21.0. The molecule has 0 unspecified atom stereocenters. The SMILES string of the molecule is Cc1cc(C[C@@H]2CN(C(=O)c3c(C)ncnc3C)C[C@H]2O)n[nH]1. The van der Waals surface area contributed by atoms with Gasteiger partial charge in [0.2, 0.25) is 0 Å². The van der Waals surface area contributed by atoms with Crippen molar-refractivity contribution in [3.05, 3.63) is 40.7 Å². The topological polar surface area (TPSA) is 95.0 Å². The highest BCUT2D eigenvalue weighted by atomic mass is 16.3. The summed E-state index contributed by atoms with van der Waals surface area (Å²) in [6.07, 6.45) is 1.57. The number of rotatable bonds is 3. The van der Waals surface area contributed by atoms with Gasteiger partial charge in [-0.1, -0.05) is 0 Å². The summed E-state index contributed by atoms with van der Waals surface area (Å²) in [5.74, 6) is -0.118. The van der Waals surface area contributed by atoms with E-state index in [0.29, 0.717) is 36.5 Å². The van der Waals surface area contributed by atoms with E-state index in [4.69, 9.17) is 0 Å². The Kier molecular flexibility index (Phi) is 4.12. The second-order valence-electron chi connectivity index (χ2n) is 6.20. The number of aryl methyl sites for hydroxylation is 3. The van der Waals surface area contributed by atoms with Crippen molar-refractivity contribution in [2.75, 3.05) is 13.1 Å². The van der Waals surface area contributed by atoms with Crippen LogP contribution in [0, 0.1) is 26.7 Å². The van der Waals surface area contributed by atoms with Crippen LogP contribution >= 0.6 is 0 Å². The molecular weight excluding hydrogens is 294 g/mol. The van der Waals surface area contributed by atoms with E-state index in [-0.39, 0.29) is 11.8 Å². The van der Waals surface area contributed by atoms with E-state index < -0.39 is 6.10 Å². The highest BCUT2D eigenvalue weighted by molar-refractivity contribution is 5.96. The molecule has 7 nitrogen and oxygen atoms in total. The second kappa shape index (κ2) is 6.08. The minimum absolute atomic E-state index is 0.00751. The Morgan fingerprint density at radius 1 is 1.30 bits per heavy atom. The molecule has 3 rings (SSSR count). The Morgan fingerprint density at radius 2 is 2.00 bits per heavy atom. The number of carbonyl (C=O) groups is 1. The maximum Gasteiger partial charge on any atom is 0.257 e. The van der Waals surface area contributed by atoms with Crippen LogP contribution in [0.25, 0.3) is 0 Å². The third kappa shape index (κ3) is 3.10. The number of hydrogen-bond acceptors (Lipinski definition) is 5. The largest absolute Gasteiger partial charge is 0.391 e. The zero-order chi connectivity index (χ0) is 16.6. The minimum Gasteiger partial charge on any atom is -0.391 e. The number of likely N-dealkylation sites (tertiary alicyclic amines) is 1. The van der Waals surface area contributed by atoms with Gasteiger partial charge in [-0.05, 0) is 33.3 Å². The fourth-order valence-electron chi connectivity index (χ4n) is 3.13. The van der Waals surface area contributed by atoms with Gasteiger partial charge in [-0.2, -0.15) is 5.10 Å². The Bertz CT molecular complexity index is 707. The highest BCUT2D eigenvalue weighted by Gasteiger charge is 2.35. The lowest BCUT2D eigenvalue weighted by molar-refractivity contribution is 0.0762. The Morgan fingerprint density at radius 3 is 2.61 bits per heavy atom. The van der Waals surface area contributed by atoms with Crippen LogP contribution in [0.3, 0.4) is 0 Å². The third-order valence-corrected chi connectivity index (χ3v) is 4.36. The number of hydrogen-bond donors (Lipinski definition) is 2. The van der Waals surface area contributed by atoms with Crippen molar-refractivity contribution in [3.8, 4) is 0 Å². The zero-order valence-electron chi connectivity index (χ0n) is 13.6. The van der Waals surface area contributed by atoms with Gasteiger partial charge in [0.1, 0.15) is 6.33 Å². The average molecular weight is 315 g/mol. The summed E-state index contributed by atoms with van der Waals surface area (Å²) in [4.78, 5) is 22.6. The van der Waals surface area contributed by atoms with Crippen molar-refractivity contribution >= 4 is 5.91 Å². The van der Waals surface area contributed by atoms with Crippen molar-refractivity contribution < 1.29 is 9.90 Å². The number of aliphatic hydroxyl groups excluding tert-OH is 1. The first-order chi connectivity index (χ1) is 11.0. The van der Waals surface area contributed by atoms with Gasteiger partial charge in [0.25, 0.3) is 5.91 Å². The van der Waals surface area contributed by atoms with Crippen molar-refractivity contribution in [1.29, 1.82) is 0 Å². The van der Waals surface area contributed by atoms with Gasteiger partial charge in [-0.25, -0.2) is 9.97 Å². The van der Waals surface area contributed by atoms with Crippen LogP contribution in [-0.2, 0) is 6.42 Å². The molecule has 0 saturated carbocycles. The van der Waals surface area contributed by atoms with E-state index in [1.54, 1.807) is 18.7 Å². The fraction of sp³-hybridized carbons (Fsp3) is 0.500. The molecule has 0 spiro atoms. The van der Waals surface area contributed by atoms with Gasteiger partial charge in [-0.15, -0.1) is 0 Å². The Labute approximate surface area is 134 Å². The summed E-state index contributed by atoms with van der Waals surface area (Å²) < 4.78 is 0. The lowest BCUT2D eigenvalue weighted by Crippen LogP contribution is -2.31. The van der Waals surface area contributed by atoms with E-state index in [1.807, 2.05) is 13.0 Å². The summed E-state index contributed by atoms with van der Waals surface area (Å²) in [5, 5.41) is 17.4. The van der Waals surface area contributed by atoms with E-state index in [2.05, 4.69) is 20.2 Å². The molecule has 122 valence electrons. The van der Waals surface area contributed by atoms with E-state index >= 15 is 0 Å². The molecule has 2 aromatic heterocycles. The summed E-state index contributed by atoms with van der Waals surface area (Å²) >= 11 is 0. The van der Waals surface area contributed by atoms with Gasteiger partial charge < -0.3 is 10.0 Å². The molecule has 7 heteroatoms. The maximum absolute atomic E-state index is 12.7. The van der Waals surface area contributed by atoms with E-state index in [9.17, 15) is 9.90 Å². The van der Waals surface area contributed by atoms with Crippen molar-refractivity contribution in [3.63, 3.8) is 0 Å². The highest BCUT2D eigenvalue weighted by Crippen LogP contribution is 2.24. The molecule has 0 bridgehead atoms. The molecule has 1 amide bonds. The van der Waals surface area contributed by atoms with Crippen molar-refractivity contribution in [2.45, 2.75) is 33.3 Å². The number of nitrogens with one attached hydrogen (secondary N) is 1. The molecule has 1 fully saturated rings. The first-order valence-electron chi connectivity index (χ1n) is 7.72. The quantitative estimate of drug-likeness (QED) is 0.873. The lowest BCUT2D eigenvalue weighted by Gasteiger charge is -2.18. The molecule has 0 aromatic carbocycles. The van der Waals surface area contributed by atoms with Gasteiger partial charge >= 0.3 is 0 Å². The molecule has 1 aliphatic rings. The predicted molar refractivity (Wildman–Crippen MR) is 83.9 cm³/mol. The summed E-state index contributed by atoms with van der Waals surface area (Å²) in [7, 11) is 0. The summed E-state index contributed by atoms with van der Waals surface area (Å²) in [5.41, 5.74) is 3.78. The second-order valence-corrected chi connectivity index (χ2v) is 6.20. The minimum atomic E-state index is -0.541. The van der Waals surface area contributed by atoms with Crippen molar-refractivity contribution in [1.82, 2.24) is 25.1 Å². The number of aliphatic hydroxyl groups is 1. The molecule has 1 saturated heterocycles. The molecule has 2 N–H and O–H groups in total. The van der Waals surface area contributed by atoms with E-state index in [0.717, 1.165) is 11.4 Å². The Hall–Kier alpha value is -2.28. The average Bonchev–Trinajstić information content (AvgIpc) is 3.06. The first-order valence-corrected chi connectivity index (χ1v) is 7.72. The van der Waals surface area contributed by atoms with Crippen LogP contribution in [0.2, 0.25) is 0 Å². The summed E-state index contributed by atoms with van der Waals surface area (Å²) in [6, 6.07) is 1.97. The van der Waals surface area contributed by atoms with E-state index in [1.165, 1.54) is 6.33 Å². The van der Waals surface area contributed by atoms with Gasteiger partial charge in [-0.3, -0.25) is 9.89 Å². The number of nitrogens with zero attached hydrogens (tertiary/aromatic N) is 4.